The molecule has 0 spiro atoms. The van der Waals surface area contributed by atoms with Gasteiger partial charge in [0.05, 0.1) is 17.9 Å². The summed E-state index contributed by atoms with van der Waals surface area (Å²) in [6.07, 6.45) is 12.3. The monoisotopic (exact) mass is 293 g/mol. The SMILES string of the molecule is O=C(Nc1c[n+](N2CCCCCC2)no1)C1CCCCC1. The van der Waals surface area contributed by atoms with Crippen LogP contribution in [0.4, 0.5) is 5.88 Å². The molecule has 1 aliphatic carbocycles. The van der Waals surface area contributed by atoms with Crippen LogP contribution in [0.5, 0.6) is 0 Å². The number of carbonyl (C=O) groups excluding carboxylic acids is 1. The van der Waals surface area contributed by atoms with Crippen molar-refractivity contribution < 1.29 is 14.1 Å². The third kappa shape index (κ3) is 3.74. The molecule has 21 heavy (non-hydrogen) atoms. The third-order valence-electron chi connectivity index (χ3n) is 4.55. The molecular formula is C15H25N4O2+. The predicted octanol–water partition coefficient (Wildman–Crippen LogP) is 1.99. The standard InChI is InChI=1S/C15H24N4O2/c20-15(13-8-4-3-5-9-13)16-14-12-19(17-21-14)18-10-6-1-2-7-11-18/h12-13H,1-11H2/p+1. The minimum atomic E-state index is 0.0777. The lowest BCUT2D eigenvalue weighted by Gasteiger charge is -2.19. The Morgan fingerprint density at radius 3 is 2.52 bits per heavy atom. The third-order valence-corrected chi connectivity index (χ3v) is 4.55. The van der Waals surface area contributed by atoms with Gasteiger partial charge in [-0.1, -0.05) is 32.1 Å². The minimum absolute atomic E-state index is 0.0777. The van der Waals surface area contributed by atoms with E-state index in [0.29, 0.717) is 5.88 Å². The Morgan fingerprint density at radius 2 is 1.81 bits per heavy atom. The Morgan fingerprint density at radius 1 is 1.14 bits per heavy atom. The summed E-state index contributed by atoms with van der Waals surface area (Å²) in [6.45, 7) is 1.99. The van der Waals surface area contributed by atoms with Gasteiger partial charge in [0.2, 0.25) is 11.2 Å². The Bertz CT molecular complexity index is 460. The van der Waals surface area contributed by atoms with Gasteiger partial charge in [0.1, 0.15) is 0 Å². The van der Waals surface area contributed by atoms with Gasteiger partial charge >= 0.3 is 5.88 Å². The summed E-state index contributed by atoms with van der Waals surface area (Å²) in [4.78, 5) is 13.9. The topological polar surface area (TPSA) is 62.3 Å². The van der Waals surface area contributed by atoms with Gasteiger partial charge in [0, 0.05) is 5.92 Å². The van der Waals surface area contributed by atoms with Gasteiger partial charge in [-0.05, 0) is 25.7 Å². The summed E-state index contributed by atoms with van der Waals surface area (Å²) in [7, 11) is 0. The van der Waals surface area contributed by atoms with E-state index < -0.39 is 0 Å². The van der Waals surface area contributed by atoms with E-state index >= 15 is 0 Å². The molecule has 2 fully saturated rings. The number of hydrogen-bond acceptors (Lipinski definition) is 4. The molecule has 0 unspecified atom stereocenters. The highest BCUT2D eigenvalue weighted by atomic mass is 16.5. The largest absolute Gasteiger partial charge is 0.305 e. The normalized spacial score (nSPS) is 21.0. The van der Waals surface area contributed by atoms with E-state index in [1.54, 1.807) is 11.0 Å². The molecule has 1 saturated heterocycles. The number of carbonyl (C=O) groups is 1. The van der Waals surface area contributed by atoms with Gasteiger partial charge in [0.15, 0.2) is 0 Å². The fraction of sp³-hybridized carbons (Fsp3) is 0.800. The van der Waals surface area contributed by atoms with Crippen molar-refractivity contribution in [1.29, 1.82) is 0 Å². The number of amides is 1. The van der Waals surface area contributed by atoms with E-state index in [0.717, 1.165) is 38.8 Å². The lowest BCUT2D eigenvalue weighted by molar-refractivity contribution is -0.758. The van der Waals surface area contributed by atoms with E-state index in [4.69, 9.17) is 4.52 Å². The highest BCUT2D eigenvalue weighted by Gasteiger charge is 2.25. The Labute approximate surface area is 125 Å². The molecule has 0 aromatic carbocycles. The highest BCUT2D eigenvalue weighted by molar-refractivity contribution is 5.91. The number of aromatic nitrogens is 2. The molecule has 1 aliphatic heterocycles. The van der Waals surface area contributed by atoms with Crippen LogP contribution in [0, 0.1) is 5.92 Å². The van der Waals surface area contributed by atoms with Gasteiger partial charge in [-0.25, -0.2) is 0 Å². The van der Waals surface area contributed by atoms with Crippen LogP contribution in [-0.4, -0.2) is 24.3 Å². The van der Waals surface area contributed by atoms with Gasteiger partial charge in [0.25, 0.3) is 6.20 Å². The molecule has 1 N–H and O–H groups in total. The molecule has 0 bridgehead atoms. The van der Waals surface area contributed by atoms with E-state index in [1.807, 2.05) is 0 Å². The zero-order chi connectivity index (χ0) is 14.5. The summed E-state index contributed by atoms with van der Waals surface area (Å²) < 4.78 is 5.26. The molecule has 0 radical (unpaired) electrons. The Hall–Kier alpha value is -1.59. The van der Waals surface area contributed by atoms with Crippen molar-refractivity contribution in [1.82, 2.24) is 5.27 Å². The molecule has 2 heterocycles. The fourth-order valence-electron chi connectivity index (χ4n) is 3.27. The average Bonchev–Trinajstić information content (AvgIpc) is 2.81. The first-order valence-corrected chi connectivity index (χ1v) is 8.28. The van der Waals surface area contributed by atoms with Gasteiger partial charge in [-0.2, -0.15) is 5.01 Å². The van der Waals surface area contributed by atoms with Crippen molar-refractivity contribution in [3.8, 4) is 0 Å². The maximum absolute atomic E-state index is 12.2. The maximum atomic E-state index is 12.2. The van der Waals surface area contributed by atoms with Crippen LogP contribution in [0.3, 0.4) is 0 Å². The van der Waals surface area contributed by atoms with E-state index in [-0.39, 0.29) is 11.8 Å². The molecular weight excluding hydrogens is 268 g/mol. The Kier molecular flexibility index (Phi) is 4.72. The minimum Gasteiger partial charge on any atom is -0.289 e. The Balaban J connectivity index is 1.57. The summed E-state index contributed by atoms with van der Waals surface area (Å²) in [6, 6.07) is 0. The lowest BCUT2D eigenvalue weighted by Crippen LogP contribution is -2.59. The van der Waals surface area contributed by atoms with Crippen molar-refractivity contribution >= 4 is 11.8 Å². The smallest absolute Gasteiger partial charge is 0.289 e. The number of nitrogens with one attached hydrogen (secondary N) is 1. The quantitative estimate of drug-likeness (QED) is 0.866. The number of hydrogen-bond donors (Lipinski definition) is 1. The van der Waals surface area contributed by atoms with Crippen LogP contribution in [0.15, 0.2) is 10.7 Å². The second kappa shape index (κ2) is 6.91. The van der Waals surface area contributed by atoms with Crippen molar-refractivity contribution in [3.63, 3.8) is 0 Å². The van der Waals surface area contributed by atoms with Crippen molar-refractivity contribution in [2.75, 3.05) is 23.4 Å². The van der Waals surface area contributed by atoms with Gasteiger partial charge < -0.3 is 0 Å². The first kappa shape index (κ1) is 14.4. The molecule has 116 valence electrons. The van der Waals surface area contributed by atoms with Crippen molar-refractivity contribution in [2.24, 2.45) is 5.92 Å². The predicted molar refractivity (Wildman–Crippen MR) is 78.3 cm³/mol. The number of rotatable bonds is 3. The molecule has 6 heteroatoms. The molecule has 1 saturated carbocycles. The van der Waals surface area contributed by atoms with Gasteiger partial charge in [-0.3, -0.25) is 14.6 Å². The van der Waals surface area contributed by atoms with Gasteiger partial charge in [-0.15, -0.1) is 0 Å². The second-order valence-electron chi connectivity index (χ2n) is 6.18. The van der Waals surface area contributed by atoms with E-state index in [1.165, 1.54) is 32.1 Å². The van der Waals surface area contributed by atoms with Crippen LogP contribution in [-0.2, 0) is 4.79 Å². The zero-order valence-corrected chi connectivity index (χ0v) is 12.6. The molecule has 0 atom stereocenters. The van der Waals surface area contributed by atoms with E-state index in [2.05, 4.69) is 15.6 Å². The molecule has 3 rings (SSSR count). The summed E-state index contributed by atoms with van der Waals surface area (Å²) >= 11 is 0. The lowest BCUT2D eigenvalue weighted by atomic mass is 9.89. The molecule has 2 aliphatic rings. The molecule has 1 amide bonds. The van der Waals surface area contributed by atoms with Crippen LogP contribution < -0.4 is 15.1 Å². The van der Waals surface area contributed by atoms with Crippen LogP contribution in [0.1, 0.15) is 57.8 Å². The summed E-state index contributed by atoms with van der Waals surface area (Å²) in [5.41, 5.74) is 0. The summed E-state index contributed by atoms with van der Waals surface area (Å²) in [5, 5.41) is 9.08. The number of nitrogens with zero attached hydrogens (tertiary/aromatic N) is 3. The van der Waals surface area contributed by atoms with E-state index in [9.17, 15) is 4.79 Å². The number of anilines is 1. The first-order valence-electron chi connectivity index (χ1n) is 8.28. The fourth-order valence-corrected chi connectivity index (χ4v) is 3.27. The highest BCUT2D eigenvalue weighted by Crippen LogP contribution is 2.24. The molecule has 6 nitrogen and oxygen atoms in total. The maximum Gasteiger partial charge on any atom is 0.305 e. The van der Waals surface area contributed by atoms with Crippen molar-refractivity contribution in [3.05, 3.63) is 6.20 Å². The van der Waals surface area contributed by atoms with Crippen LogP contribution in [0.25, 0.3) is 0 Å². The van der Waals surface area contributed by atoms with Crippen molar-refractivity contribution in [2.45, 2.75) is 57.8 Å². The second-order valence-corrected chi connectivity index (χ2v) is 6.18. The zero-order valence-electron chi connectivity index (χ0n) is 12.6. The molecule has 1 aromatic rings. The van der Waals surface area contributed by atoms with Crippen LogP contribution in [0.2, 0.25) is 0 Å². The summed E-state index contributed by atoms with van der Waals surface area (Å²) in [5.74, 6) is 0.666. The average molecular weight is 293 g/mol. The first-order chi connectivity index (χ1) is 10.3. The molecule has 1 aromatic heterocycles. The van der Waals surface area contributed by atoms with Crippen LogP contribution >= 0.6 is 0 Å².